The van der Waals surface area contributed by atoms with E-state index < -0.39 is 0 Å². The molecule has 0 amide bonds. The number of rotatable bonds is 9. The van der Waals surface area contributed by atoms with E-state index in [1.54, 1.807) is 7.11 Å². The molecule has 2 rings (SSSR count). The summed E-state index contributed by atoms with van der Waals surface area (Å²) in [7, 11) is 1.67. The maximum Gasteiger partial charge on any atom is 0.161 e. The first kappa shape index (κ1) is 17.3. The fourth-order valence-electron chi connectivity index (χ4n) is 2.21. The zero-order chi connectivity index (χ0) is 16.7. The average Bonchev–Trinajstić information content (AvgIpc) is 3.01. The third-order valence-electron chi connectivity index (χ3n) is 3.46. The summed E-state index contributed by atoms with van der Waals surface area (Å²) in [6.07, 6.45) is 2.00. The third-order valence-corrected chi connectivity index (χ3v) is 3.46. The van der Waals surface area contributed by atoms with Gasteiger partial charge in [-0.15, -0.1) is 0 Å². The molecule has 0 aliphatic rings. The van der Waals surface area contributed by atoms with E-state index in [2.05, 4.69) is 37.3 Å². The van der Waals surface area contributed by atoms with Crippen LogP contribution in [0.15, 0.2) is 30.5 Å². The van der Waals surface area contributed by atoms with Crippen LogP contribution in [0.1, 0.15) is 32.0 Å². The SMILES string of the molecule is CCn1ccc(CNCc2ccc(OCC(C)C)c(OC)c2)n1. The summed E-state index contributed by atoms with van der Waals surface area (Å²) in [5, 5.41) is 7.86. The lowest BCUT2D eigenvalue weighted by Gasteiger charge is -2.13. The van der Waals surface area contributed by atoms with Crippen molar-refractivity contribution >= 4 is 0 Å². The van der Waals surface area contributed by atoms with E-state index in [1.807, 2.05) is 29.1 Å². The minimum atomic E-state index is 0.490. The molecule has 23 heavy (non-hydrogen) atoms. The Hall–Kier alpha value is -2.01. The van der Waals surface area contributed by atoms with E-state index in [9.17, 15) is 0 Å². The van der Waals surface area contributed by atoms with Gasteiger partial charge >= 0.3 is 0 Å². The highest BCUT2D eigenvalue weighted by Gasteiger charge is 2.07. The fourth-order valence-corrected chi connectivity index (χ4v) is 2.21. The van der Waals surface area contributed by atoms with Crippen molar-refractivity contribution in [2.75, 3.05) is 13.7 Å². The van der Waals surface area contributed by atoms with Crippen LogP contribution in [0.4, 0.5) is 0 Å². The van der Waals surface area contributed by atoms with Crippen LogP contribution >= 0.6 is 0 Å². The van der Waals surface area contributed by atoms with Gasteiger partial charge in [-0.3, -0.25) is 4.68 Å². The quantitative estimate of drug-likeness (QED) is 0.771. The van der Waals surface area contributed by atoms with E-state index >= 15 is 0 Å². The predicted octanol–water partition coefficient (Wildman–Crippen LogP) is 3.24. The first-order chi connectivity index (χ1) is 11.1. The molecule has 2 aromatic rings. The molecule has 1 aromatic heterocycles. The number of methoxy groups -OCH3 is 1. The summed E-state index contributed by atoms with van der Waals surface area (Å²) in [5.74, 6) is 2.07. The predicted molar refractivity (Wildman–Crippen MR) is 91.8 cm³/mol. The smallest absolute Gasteiger partial charge is 0.161 e. The van der Waals surface area contributed by atoms with E-state index in [1.165, 1.54) is 0 Å². The lowest BCUT2D eigenvalue weighted by molar-refractivity contribution is 0.256. The summed E-state index contributed by atoms with van der Waals surface area (Å²) >= 11 is 0. The van der Waals surface area contributed by atoms with Gasteiger partial charge in [0.1, 0.15) is 0 Å². The zero-order valence-corrected chi connectivity index (χ0v) is 14.5. The van der Waals surface area contributed by atoms with E-state index in [4.69, 9.17) is 9.47 Å². The lowest BCUT2D eigenvalue weighted by Crippen LogP contribution is -2.13. The molecule has 0 radical (unpaired) electrons. The largest absolute Gasteiger partial charge is 0.493 e. The van der Waals surface area contributed by atoms with Gasteiger partial charge in [0, 0.05) is 25.8 Å². The molecule has 1 heterocycles. The van der Waals surface area contributed by atoms with Gasteiger partial charge in [0.2, 0.25) is 0 Å². The Morgan fingerprint density at radius 1 is 1.17 bits per heavy atom. The molecule has 126 valence electrons. The van der Waals surface area contributed by atoms with Crippen molar-refractivity contribution in [3.63, 3.8) is 0 Å². The third kappa shape index (κ3) is 5.28. The highest BCUT2D eigenvalue weighted by atomic mass is 16.5. The topological polar surface area (TPSA) is 48.3 Å². The summed E-state index contributed by atoms with van der Waals surface area (Å²) in [6.45, 7) is 9.44. The zero-order valence-electron chi connectivity index (χ0n) is 14.5. The van der Waals surface area contributed by atoms with Gasteiger partial charge in [0.25, 0.3) is 0 Å². The molecule has 5 nitrogen and oxygen atoms in total. The molecular formula is C18H27N3O2. The monoisotopic (exact) mass is 317 g/mol. The Kier molecular flexibility index (Phi) is 6.47. The van der Waals surface area contributed by atoms with Gasteiger partial charge in [-0.2, -0.15) is 5.10 Å². The summed E-state index contributed by atoms with van der Waals surface area (Å²) in [5.41, 5.74) is 2.21. The minimum absolute atomic E-state index is 0.490. The molecule has 0 aliphatic heterocycles. The number of aromatic nitrogens is 2. The standard InChI is InChI=1S/C18H27N3O2/c1-5-21-9-8-16(20-21)12-19-11-15-6-7-17(18(10-15)22-4)23-13-14(2)3/h6-10,14,19H,5,11-13H2,1-4H3. The van der Waals surface area contributed by atoms with Gasteiger partial charge < -0.3 is 14.8 Å². The highest BCUT2D eigenvalue weighted by molar-refractivity contribution is 5.43. The normalized spacial score (nSPS) is 11.0. The molecule has 1 N–H and O–H groups in total. The van der Waals surface area contributed by atoms with Crippen molar-refractivity contribution in [2.45, 2.75) is 40.4 Å². The van der Waals surface area contributed by atoms with Gasteiger partial charge in [-0.1, -0.05) is 19.9 Å². The summed E-state index contributed by atoms with van der Waals surface area (Å²) in [4.78, 5) is 0. The molecule has 0 atom stereocenters. The Balaban J connectivity index is 1.89. The van der Waals surface area contributed by atoms with Crippen molar-refractivity contribution in [2.24, 2.45) is 5.92 Å². The summed E-state index contributed by atoms with van der Waals surface area (Å²) in [6, 6.07) is 8.10. The van der Waals surface area contributed by atoms with Crippen LogP contribution in [0, 0.1) is 5.92 Å². The lowest BCUT2D eigenvalue weighted by atomic mass is 10.2. The number of hydrogen-bond donors (Lipinski definition) is 1. The van der Waals surface area contributed by atoms with Gasteiger partial charge in [0.15, 0.2) is 11.5 Å². The highest BCUT2D eigenvalue weighted by Crippen LogP contribution is 2.28. The Labute approximate surface area is 138 Å². The molecule has 0 spiro atoms. The number of nitrogens with zero attached hydrogens (tertiary/aromatic N) is 2. The number of nitrogens with one attached hydrogen (secondary N) is 1. The molecule has 0 bridgehead atoms. The molecule has 0 unspecified atom stereocenters. The Morgan fingerprint density at radius 3 is 2.65 bits per heavy atom. The second kappa shape index (κ2) is 8.58. The number of benzene rings is 1. The Morgan fingerprint density at radius 2 is 2.00 bits per heavy atom. The Bertz CT molecular complexity index is 608. The van der Waals surface area contributed by atoms with Crippen molar-refractivity contribution in [3.8, 4) is 11.5 Å². The van der Waals surface area contributed by atoms with Gasteiger partial charge in [-0.05, 0) is 36.6 Å². The molecule has 0 saturated heterocycles. The van der Waals surface area contributed by atoms with Crippen LogP contribution < -0.4 is 14.8 Å². The van der Waals surface area contributed by atoms with Crippen molar-refractivity contribution in [3.05, 3.63) is 41.7 Å². The van der Waals surface area contributed by atoms with Gasteiger partial charge in [0.05, 0.1) is 19.4 Å². The van der Waals surface area contributed by atoms with E-state index in [-0.39, 0.29) is 0 Å². The van der Waals surface area contributed by atoms with E-state index in [0.717, 1.165) is 42.4 Å². The number of hydrogen-bond acceptors (Lipinski definition) is 4. The molecular weight excluding hydrogens is 290 g/mol. The molecule has 1 aromatic carbocycles. The molecule has 0 saturated carbocycles. The average molecular weight is 317 g/mol. The summed E-state index contributed by atoms with van der Waals surface area (Å²) < 4.78 is 13.1. The minimum Gasteiger partial charge on any atom is -0.493 e. The van der Waals surface area contributed by atoms with Crippen LogP contribution in [0.2, 0.25) is 0 Å². The van der Waals surface area contributed by atoms with Gasteiger partial charge in [-0.25, -0.2) is 0 Å². The van der Waals surface area contributed by atoms with E-state index in [0.29, 0.717) is 12.5 Å². The van der Waals surface area contributed by atoms with Crippen LogP contribution in [0.3, 0.4) is 0 Å². The number of aryl methyl sites for hydroxylation is 1. The second-order valence-corrected chi connectivity index (χ2v) is 5.96. The van der Waals surface area contributed by atoms with Crippen LogP contribution in [0.25, 0.3) is 0 Å². The van der Waals surface area contributed by atoms with Crippen LogP contribution in [0.5, 0.6) is 11.5 Å². The van der Waals surface area contributed by atoms with Crippen molar-refractivity contribution in [1.29, 1.82) is 0 Å². The first-order valence-electron chi connectivity index (χ1n) is 8.15. The maximum absolute atomic E-state index is 5.78. The maximum atomic E-state index is 5.78. The molecule has 5 heteroatoms. The first-order valence-corrected chi connectivity index (χ1v) is 8.15. The second-order valence-electron chi connectivity index (χ2n) is 5.96. The molecule has 0 fully saturated rings. The molecule has 0 aliphatic carbocycles. The van der Waals surface area contributed by atoms with Crippen LogP contribution in [-0.4, -0.2) is 23.5 Å². The van der Waals surface area contributed by atoms with Crippen molar-refractivity contribution < 1.29 is 9.47 Å². The van der Waals surface area contributed by atoms with Crippen molar-refractivity contribution in [1.82, 2.24) is 15.1 Å². The van der Waals surface area contributed by atoms with Crippen LogP contribution in [-0.2, 0) is 19.6 Å². The fraction of sp³-hybridized carbons (Fsp3) is 0.500. The number of ether oxygens (including phenoxy) is 2.